The molecule has 1 heteroatoms. The largest absolute Gasteiger partial charge is 0.0721 e. The summed E-state index contributed by atoms with van der Waals surface area (Å²) in [5.41, 5.74) is 0.462. The van der Waals surface area contributed by atoms with Crippen LogP contribution in [-0.2, 0) is 0 Å². The van der Waals surface area contributed by atoms with E-state index in [0.29, 0.717) is 23.1 Å². The Morgan fingerprint density at radius 2 is 1.29 bits per heavy atom. The van der Waals surface area contributed by atoms with Crippen LogP contribution in [0.3, 0.4) is 0 Å². The molecule has 82 valence electrons. The van der Waals surface area contributed by atoms with Gasteiger partial charge in [-0.1, -0.05) is 72.5 Å². The highest BCUT2D eigenvalue weighted by atomic mass is 14.4. The second kappa shape index (κ2) is 5.83. The molecule has 0 bridgehead atoms. The summed E-state index contributed by atoms with van der Waals surface area (Å²) in [5, 5.41) is 0. The van der Waals surface area contributed by atoms with E-state index in [9.17, 15) is 0 Å². The monoisotopic (exact) mass is 194 g/mol. The summed E-state index contributed by atoms with van der Waals surface area (Å²) in [7, 11) is 6.27. The molecule has 0 amide bonds. The molecule has 2 unspecified atom stereocenters. The van der Waals surface area contributed by atoms with Crippen molar-refractivity contribution in [3.63, 3.8) is 0 Å². The van der Waals surface area contributed by atoms with Gasteiger partial charge >= 0.3 is 0 Å². The Labute approximate surface area is 92.3 Å². The molecule has 2 atom stereocenters. The second-order valence-electron chi connectivity index (χ2n) is 5.03. The molecule has 0 saturated carbocycles. The number of rotatable bonds is 6. The highest BCUT2D eigenvalue weighted by molar-refractivity contribution is 6.12. The molecular formula is C13H27B. The Hall–Kier alpha value is 0.0649. The van der Waals surface area contributed by atoms with Gasteiger partial charge in [0.15, 0.2) is 0 Å². The lowest BCUT2D eigenvalue weighted by Gasteiger charge is -2.42. The van der Waals surface area contributed by atoms with Crippen LogP contribution in [0.25, 0.3) is 0 Å². The van der Waals surface area contributed by atoms with Crippen LogP contribution in [0.4, 0.5) is 0 Å². The third kappa shape index (κ3) is 2.78. The Morgan fingerprint density at radius 1 is 0.929 bits per heavy atom. The Bertz CT molecular complexity index is 139. The van der Waals surface area contributed by atoms with Crippen LogP contribution in [0.15, 0.2) is 0 Å². The summed E-state index contributed by atoms with van der Waals surface area (Å²) in [6.07, 6.45) is 3.75. The number of hydrogen-bond donors (Lipinski definition) is 0. The van der Waals surface area contributed by atoms with Crippen LogP contribution in [0, 0.1) is 17.3 Å². The summed E-state index contributed by atoms with van der Waals surface area (Å²) in [4.78, 5) is 0. The minimum atomic E-state index is 0.342. The maximum atomic E-state index is 6.27. The molecular weight excluding hydrogens is 167 g/mol. The van der Waals surface area contributed by atoms with Gasteiger partial charge in [0, 0.05) is 0 Å². The lowest BCUT2D eigenvalue weighted by molar-refractivity contribution is 0.129. The maximum Gasteiger partial charge on any atom is 0.0706 e. The number of hydrogen-bond acceptors (Lipinski definition) is 0. The van der Waals surface area contributed by atoms with Crippen molar-refractivity contribution >= 4 is 7.85 Å². The molecule has 0 N–H and O–H groups in total. The molecule has 0 aromatic heterocycles. The summed E-state index contributed by atoms with van der Waals surface area (Å²) in [6, 6.07) is 0. The molecule has 0 aromatic carbocycles. The standard InChI is InChI=1S/C13H27B/c1-7-13(8-2,9-3)11(6)12(14)10(4)5/h10-12H,7-9H2,1-6H3. The minimum Gasteiger partial charge on any atom is -0.0721 e. The van der Waals surface area contributed by atoms with Crippen LogP contribution in [0.2, 0.25) is 5.82 Å². The van der Waals surface area contributed by atoms with Crippen LogP contribution < -0.4 is 0 Å². The van der Waals surface area contributed by atoms with E-state index in [1.165, 1.54) is 19.3 Å². The van der Waals surface area contributed by atoms with E-state index in [-0.39, 0.29) is 0 Å². The normalized spacial score (nSPS) is 17.1. The average molecular weight is 194 g/mol. The maximum absolute atomic E-state index is 6.27. The zero-order valence-electron chi connectivity index (χ0n) is 10.9. The topological polar surface area (TPSA) is 0 Å². The Morgan fingerprint density at radius 3 is 1.50 bits per heavy atom. The molecule has 0 heterocycles. The van der Waals surface area contributed by atoms with Gasteiger partial charge < -0.3 is 0 Å². The molecule has 0 rings (SSSR count). The van der Waals surface area contributed by atoms with Gasteiger partial charge in [0.05, 0.1) is 7.85 Å². The van der Waals surface area contributed by atoms with Crippen molar-refractivity contribution in [2.24, 2.45) is 17.3 Å². The van der Waals surface area contributed by atoms with E-state index in [4.69, 9.17) is 7.85 Å². The Balaban J connectivity index is 4.66. The molecule has 0 aliphatic carbocycles. The average Bonchev–Trinajstić information content (AvgIpc) is 2.19. The molecule has 2 radical (unpaired) electrons. The predicted octanol–water partition coefficient (Wildman–Crippen LogP) is 4.45. The van der Waals surface area contributed by atoms with Crippen LogP contribution in [0.1, 0.15) is 60.8 Å². The zero-order chi connectivity index (χ0) is 11.4. The Kier molecular flexibility index (Phi) is 5.85. The first-order chi connectivity index (χ1) is 6.45. The van der Waals surface area contributed by atoms with Crippen molar-refractivity contribution in [1.82, 2.24) is 0 Å². The van der Waals surface area contributed by atoms with Crippen molar-refractivity contribution in [3.8, 4) is 0 Å². The fourth-order valence-corrected chi connectivity index (χ4v) is 2.70. The zero-order valence-corrected chi connectivity index (χ0v) is 10.9. The van der Waals surface area contributed by atoms with Crippen molar-refractivity contribution in [2.45, 2.75) is 66.6 Å². The van der Waals surface area contributed by atoms with Gasteiger partial charge in [0.2, 0.25) is 0 Å². The minimum absolute atomic E-state index is 0.342. The van der Waals surface area contributed by atoms with Gasteiger partial charge in [-0.15, -0.1) is 0 Å². The fraction of sp³-hybridized carbons (Fsp3) is 1.00. The smallest absolute Gasteiger partial charge is 0.0706 e. The highest BCUT2D eigenvalue weighted by Gasteiger charge is 2.34. The first kappa shape index (κ1) is 14.1. The molecule has 0 spiro atoms. The third-order valence-corrected chi connectivity index (χ3v) is 4.43. The van der Waals surface area contributed by atoms with Gasteiger partial charge in [-0.3, -0.25) is 0 Å². The second-order valence-corrected chi connectivity index (χ2v) is 5.03. The van der Waals surface area contributed by atoms with Gasteiger partial charge in [0.25, 0.3) is 0 Å². The van der Waals surface area contributed by atoms with E-state index in [0.717, 1.165) is 0 Å². The molecule has 0 aromatic rings. The molecule has 14 heavy (non-hydrogen) atoms. The van der Waals surface area contributed by atoms with E-state index < -0.39 is 0 Å². The van der Waals surface area contributed by atoms with Crippen molar-refractivity contribution in [1.29, 1.82) is 0 Å². The van der Waals surface area contributed by atoms with Gasteiger partial charge in [0.1, 0.15) is 0 Å². The predicted molar refractivity (Wildman–Crippen MR) is 66.8 cm³/mol. The first-order valence-electron chi connectivity index (χ1n) is 6.20. The van der Waals surface area contributed by atoms with E-state index in [2.05, 4.69) is 41.5 Å². The van der Waals surface area contributed by atoms with Crippen LogP contribution >= 0.6 is 0 Å². The van der Waals surface area contributed by atoms with Crippen LogP contribution in [-0.4, -0.2) is 7.85 Å². The SMILES string of the molecule is [B]C(C(C)C)C(C)C(CC)(CC)CC. The molecule has 0 saturated heterocycles. The van der Waals surface area contributed by atoms with Gasteiger partial charge in [-0.2, -0.15) is 0 Å². The van der Waals surface area contributed by atoms with Crippen LogP contribution in [0.5, 0.6) is 0 Å². The van der Waals surface area contributed by atoms with Crippen molar-refractivity contribution in [3.05, 3.63) is 0 Å². The quantitative estimate of drug-likeness (QED) is 0.548. The highest BCUT2D eigenvalue weighted by Crippen LogP contribution is 2.45. The van der Waals surface area contributed by atoms with Gasteiger partial charge in [-0.05, 0) is 11.3 Å². The van der Waals surface area contributed by atoms with E-state index >= 15 is 0 Å². The molecule has 0 aliphatic rings. The third-order valence-electron chi connectivity index (χ3n) is 4.43. The van der Waals surface area contributed by atoms with E-state index in [1.807, 2.05) is 0 Å². The summed E-state index contributed by atoms with van der Waals surface area (Å²) < 4.78 is 0. The lowest BCUT2D eigenvalue weighted by Crippen LogP contribution is -2.31. The summed E-state index contributed by atoms with van der Waals surface area (Å²) in [6.45, 7) is 13.7. The van der Waals surface area contributed by atoms with E-state index in [1.54, 1.807) is 0 Å². The summed E-state index contributed by atoms with van der Waals surface area (Å²) >= 11 is 0. The lowest BCUT2D eigenvalue weighted by atomic mass is 9.57. The molecule has 0 aliphatic heterocycles. The fourth-order valence-electron chi connectivity index (χ4n) is 2.70. The van der Waals surface area contributed by atoms with Crippen molar-refractivity contribution < 1.29 is 0 Å². The van der Waals surface area contributed by atoms with Crippen molar-refractivity contribution in [2.75, 3.05) is 0 Å². The molecule has 0 fully saturated rings. The summed E-state index contributed by atoms with van der Waals surface area (Å²) in [5.74, 6) is 1.56. The first-order valence-corrected chi connectivity index (χ1v) is 6.20. The van der Waals surface area contributed by atoms with Gasteiger partial charge in [-0.25, -0.2) is 0 Å². The molecule has 0 nitrogen and oxygen atoms in total.